The van der Waals surface area contributed by atoms with E-state index in [1.807, 2.05) is 45.0 Å². The van der Waals surface area contributed by atoms with Gasteiger partial charge in [0.25, 0.3) is 0 Å². The van der Waals surface area contributed by atoms with E-state index >= 15 is 0 Å². The van der Waals surface area contributed by atoms with E-state index in [4.69, 9.17) is 23.2 Å². The number of rotatable bonds is 6. The fourth-order valence-electron chi connectivity index (χ4n) is 7.65. The average Bonchev–Trinajstić information content (AvgIpc) is 3.62. The van der Waals surface area contributed by atoms with Crippen molar-refractivity contribution in [2.24, 2.45) is 17.3 Å². The lowest BCUT2D eigenvalue weighted by molar-refractivity contribution is -0.199. The molecule has 2 aromatic rings. The van der Waals surface area contributed by atoms with E-state index in [9.17, 15) is 9.59 Å². The summed E-state index contributed by atoms with van der Waals surface area (Å²) in [5.74, 6) is 0.547. The largest absolute Gasteiger partial charge is 0.482 e. The van der Waals surface area contributed by atoms with E-state index in [0.717, 1.165) is 42.2 Å². The van der Waals surface area contributed by atoms with Gasteiger partial charge in [-0.15, -0.1) is 0 Å². The van der Waals surface area contributed by atoms with Gasteiger partial charge in [0.1, 0.15) is 17.8 Å². The Hall–Kier alpha value is -2.72. The highest BCUT2D eigenvalue weighted by Gasteiger charge is 2.68. The van der Waals surface area contributed by atoms with Gasteiger partial charge in [-0.05, 0) is 88.7 Å². The highest BCUT2D eigenvalue weighted by molar-refractivity contribution is 6.48. The zero-order valence-corrected chi connectivity index (χ0v) is 25.1. The lowest BCUT2D eigenvalue weighted by Gasteiger charge is -2.64. The topological polar surface area (TPSA) is 99.5 Å². The van der Waals surface area contributed by atoms with Crippen LogP contribution in [-0.4, -0.2) is 66.6 Å². The molecule has 1 aromatic heterocycles. The molecule has 2 amide bonds. The molecule has 0 spiro atoms. The Labute approximate surface area is 242 Å². The molecular weight excluding hydrogens is 523 g/mol. The van der Waals surface area contributed by atoms with Crippen LogP contribution in [0, 0.1) is 17.3 Å². The Balaban J connectivity index is 1.16. The number of carbonyl (C=O) groups is 2. The van der Waals surface area contributed by atoms with Gasteiger partial charge in [-0.2, -0.15) is 0 Å². The molecule has 10 heteroatoms. The standard InChI is InChI=1S/C31H43BN2O7/c1-29(2,3)39-28(36)34-13-9-10-21(34)18-38-27(35)33-26(14-19-17-37-23-12-8-7-11-22(19)23)32-40-25-16-20-15-24(30(20,4)5)31(25,6)41-32/h7-8,11-12,17,20-21,24-26H,9-10,13-16,18H2,1-6H3,(H,33,35)/t20?,21?,24?,25?,26?,31-/m0/s1. The molecule has 5 aliphatic rings. The molecule has 7 rings (SSSR count). The number of furan rings is 1. The van der Waals surface area contributed by atoms with E-state index in [-0.39, 0.29) is 30.3 Å². The summed E-state index contributed by atoms with van der Waals surface area (Å²) < 4.78 is 30.4. The van der Waals surface area contributed by atoms with E-state index in [0.29, 0.717) is 24.8 Å². The number of benzene rings is 1. The van der Waals surface area contributed by atoms with Crippen molar-refractivity contribution >= 4 is 30.3 Å². The van der Waals surface area contributed by atoms with Crippen molar-refractivity contribution in [3.8, 4) is 0 Å². The van der Waals surface area contributed by atoms with Crippen LogP contribution in [0.5, 0.6) is 0 Å². The molecule has 5 fully saturated rings. The lowest BCUT2D eigenvalue weighted by Crippen LogP contribution is -2.65. The van der Waals surface area contributed by atoms with Crippen molar-refractivity contribution in [2.75, 3.05) is 13.2 Å². The first-order chi connectivity index (χ1) is 19.3. The van der Waals surface area contributed by atoms with Crippen LogP contribution < -0.4 is 5.32 Å². The third kappa shape index (κ3) is 5.22. The molecule has 2 aliphatic heterocycles. The average molecular weight is 567 g/mol. The number of alkyl carbamates (subject to hydrolysis) is 1. The van der Waals surface area contributed by atoms with Crippen molar-refractivity contribution in [3.63, 3.8) is 0 Å². The van der Waals surface area contributed by atoms with Gasteiger partial charge >= 0.3 is 19.3 Å². The maximum Gasteiger partial charge on any atom is 0.482 e. The van der Waals surface area contributed by atoms with Crippen LogP contribution in [0.3, 0.4) is 0 Å². The molecule has 5 unspecified atom stereocenters. The van der Waals surface area contributed by atoms with Gasteiger partial charge in [0, 0.05) is 11.9 Å². The number of fused-ring (bicyclic) bond motifs is 1. The zero-order chi connectivity index (χ0) is 29.2. The van der Waals surface area contributed by atoms with Crippen LogP contribution in [0.2, 0.25) is 0 Å². The quantitative estimate of drug-likeness (QED) is 0.446. The summed E-state index contributed by atoms with van der Waals surface area (Å²) in [4.78, 5) is 27.6. The molecule has 0 radical (unpaired) electrons. The van der Waals surface area contributed by atoms with E-state index in [2.05, 4.69) is 26.1 Å². The SMILES string of the molecule is CC(C)(C)OC(=O)N1CCCC1COC(=O)NC(Cc1coc2ccccc12)B1OC2CC3CC(C3(C)C)[C@]2(C)O1. The summed E-state index contributed by atoms with van der Waals surface area (Å²) in [6.07, 6.45) is 4.97. The molecule has 2 bridgehead atoms. The van der Waals surface area contributed by atoms with Crippen LogP contribution in [0.4, 0.5) is 9.59 Å². The number of hydrogen-bond donors (Lipinski definition) is 1. The lowest BCUT2D eigenvalue weighted by atomic mass is 9.43. The Kier molecular flexibility index (Phi) is 7.09. The van der Waals surface area contributed by atoms with Gasteiger partial charge < -0.3 is 33.4 Å². The van der Waals surface area contributed by atoms with Gasteiger partial charge in [0.2, 0.25) is 0 Å². The molecule has 3 aliphatic carbocycles. The van der Waals surface area contributed by atoms with Gasteiger partial charge in [-0.1, -0.05) is 32.0 Å². The number of carbonyl (C=O) groups excluding carboxylic acids is 2. The molecular formula is C31H43BN2O7. The number of amides is 2. The van der Waals surface area contributed by atoms with Gasteiger partial charge in [-0.3, -0.25) is 0 Å². The minimum absolute atomic E-state index is 0.00781. The zero-order valence-electron chi connectivity index (χ0n) is 25.1. The van der Waals surface area contributed by atoms with E-state index in [1.54, 1.807) is 11.2 Å². The van der Waals surface area contributed by atoms with Gasteiger partial charge in [0.15, 0.2) is 0 Å². The number of hydrogen-bond acceptors (Lipinski definition) is 7. The number of ether oxygens (including phenoxy) is 2. The molecule has 9 nitrogen and oxygen atoms in total. The first-order valence-electron chi connectivity index (χ1n) is 15.1. The van der Waals surface area contributed by atoms with Crippen molar-refractivity contribution < 1.29 is 32.8 Å². The molecule has 2 saturated heterocycles. The summed E-state index contributed by atoms with van der Waals surface area (Å²) in [5, 5.41) is 4.05. The van der Waals surface area contributed by atoms with E-state index in [1.165, 1.54) is 0 Å². The molecule has 1 aromatic carbocycles. The third-order valence-corrected chi connectivity index (χ3v) is 10.0. The summed E-state index contributed by atoms with van der Waals surface area (Å²) in [7, 11) is -0.619. The first-order valence-corrected chi connectivity index (χ1v) is 15.1. The summed E-state index contributed by atoms with van der Waals surface area (Å²) in [5.41, 5.74) is 0.993. The number of nitrogens with one attached hydrogen (secondary N) is 1. The van der Waals surface area contributed by atoms with Crippen LogP contribution in [0.25, 0.3) is 11.0 Å². The van der Waals surface area contributed by atoms with Crippen LogP contribution in [-0.2, 0) is 25.2 Å². The first kappa shape index (κ1) is 28.4. The molecule has 3 saturated carbocycles. The summed E-state index contributed by atoms with van der Waals surface area (Å²) >= 11 is 0. The van der Waals surface area contributed by atoms with Crippen molar-refractivity contribution in [2.45, 2.75) is 103 Å². The molecule has 6 atom stereocenters. The normalized spacial score (nSPS) is 31.0. The third-order valence-electron chi connectivity index (χ3n) is 10.0. The number of likely N-dealkylation sites (tertiary alicyclic amines) is 1. The highest BCUT2D eigenvalue weighted by Crippen LogP contribution is 2.65. The minimum atomic E-state index is -0.619. The molecule has 3 heterocycles. The minimum Gasteiger partial charge on any atom is -0.464 e. The maximum absolute atomic E-state index is 13.2. The van der Waals surface area contributed by atoms with Crippen molar-refractivity contribution in [1.82, 2.24) is 10.2 Å². The van der Waals surface area contributed by atoms with Crippen LogP contribution >= 0.6 is 0 Å². The van der Waals surface area contributed by atoms with Crippen molar-refractivity contribution in [1.29, 1.82) is 0 Å². The highest BCUT2D eigenvalue weighted by atomic mass is 16.7. The number of para-hydroxylation sites is 1. The summed E-state index contributed by atoms with van der Waals surface area (Å²) in [6, 6.07) is 7.64. The second-order valence-corrected chi connectivity index (χ2v) is 14.1. The Bertz CT molecular complexity index is 1300. The summed E-state index contributed by atoms with van der Waals surface area (Å²) in [6.45, 7) is 13.1. The predicted octanol–water partition coefficient (Wildman–Crippen LogP) is 5.74. The fourth-order valence-corrected chi connectivity index (χ4v) is 7.65. The second kappa shape index (κ2) is 10.2. The number of nitrogens with zero attached hydrogens (tertiary/aromatic N) is 1. The smallest absolute Gasteiger partial charge is 0.464 e. The van der Waals surface area contributed by atoms with Crippen LogP contribution in [0.1, 0.15) is 72.8 Å². The van der Waals surface area contributed by atoms with Gasteiger partial charge in [-0.25, -0.2) is 9.59 Å². The fraction of sp³-hybridized carbons (Fsp3) is 0.677. The second-order valence-electron chi connectivity index (χ2n) is 14.1. The maximum atomic E-state index is 13.2. The van der Waals surface area contributed by atoms with Crippen molar-refractivity contribution in [3.05, 3.63) is 36.1 Å². The molecule has 41 heavy (non-hydrogen) atoms. The van der Waals surface area contributed by atoms with Crippen LogP contribution in [0.15, 0.2) is 34.9 Å². The van der Waals surface area contributed by atoms with Gasteiger partial charge in [0.05, 0.1) is 30.0 Å². The predicted molar refractivity (Wildman–Crippen MR) is 154 cm³/mol. The Morgan fingerprint density at radius 1 is 1.20 bits per heavy atom. The monoisotopic (exact) mass is 566 g/mol. The Morgan fingerprint density at radius 2 is 1.98 bits per heavy atom. The molecule has 1 N–H and O–H groups in total. The Morgan fingerprint density at radius 3 is 2.73 bits per heavy atom. The molecule has 222 valence electrons. The van der Waals surface area contributed by atoms with E-state index < -0.39 is 30.4 Å².